The summed E-state index contributed by atoms with van der Waals surface area (Å²) >= 11 is 0. The van der Waals surface area contributed by atoms with E-state index in [0.717, 1.165) is 31.2 Å². The molecule has 5 nitrogen and oxygen atoms in total. The number of aryl methyl sites for hydroxylation is 1. The summed E-state index contributed by atoms with van der Waals surface area (Å²) in [4.78, 5) is 4.58. The summed E-state index contributed by atoms with van der Waals surface area (Å²) in [5.74, 6) is 0.877. The molecule has 5 heteroatoms. The van der Waals surface area contributed by atoms with Crippen LogP contribution in [-0.2, 0) is 13.6 Å². The summed E-state index contributed by atoms with van der Waals surface area (Å²) in [7, 11) is 1.94. The zero-order valence-corrected chi connectivity index (χ0v) is 13.5. The standard InChI is InChI=1S/C15H29N5/c1-6-16-14(17-10-7-9-15(2,3)4)18-12-13-8-11-19-20(13)5/h8,11H,6-7,9-10,12H2,1-5H3,(H2,16,17,18). The van der Waals surface area contributed by atoms with Gasteiger partial charge in [0.25, 0.3) is 0 Å². The maximum Gasteiger partial charge on any atom is 0.191 e. The van der Waals surface area contributed by atoms with Gasteiger partial charge >= 0.3 is 0 Å². The van der Waals surface area contributed by atoms with Crippen LogP contribution in [0.1, 0.15) is 46.2 Å². The molecular weight excluding hydrogens is 250 g/mol. The maximum atomic E-state index is 4.58. The van der Waals surface area contributed by atoms with E-state index in [9.17, 15) is 0 Å². The highest BCUT2D eigenvalue weighted by Gasteiger charge is 2.09. The highest BCUT2D eigenvalue weighted by Crippen LogP contribution is 2.19. The van der Waals surface area contributed by atoms with Gasteiger partial charge in [0.05, 0.1) is 12.2 Å². The van der Waals surface area contributed by atoms with Crippen molar-refractivity contribution in [3.63, 3.8) is 0 Å². The minimum Gasteiger partial charge on any atom is -0.357 e. The molecule has 114 valence electrons. The van der Waals surface area contributed by atoms with Gasteiger partial charge in [0.1, 0.15) is 0 Å². The monoisotopic (exact) mass is 279 g/mol. The molecule has 0 unspecified atom stereocenters. The second-order valence-electron chi connectivity index (χ2n) is 6.23. The van der Waals surface area contributed by atoms with Gasteiger partial charge in [0.15, 0.2) is 5.96 Å². The molecule has 0 aliphatic rings. The molecule has 0 bridgehead atoms. The SMILES string of the molecule is CCNC(=NCc1ccnn1C)NCCCC(C)(C)C. The molecule has 0 radical (unpaired) electrons. The Kier molecular flexibility index (Phi) is 6.55. The predicted molar refractivity (Wildman–Crippen MR) is 84.7 cm³/mol. The van der Waals surface area contributed by atoms with Crippen LogP contribution in [0.25, 0.3) is 0 Å². The summed E-state index contributed by atoms with van der Waals surface area (Å²) in [6.07, 6.45) is 4.16. The molecule has 1 aromatic heterocycles. The van der Waals surface area contributed by atoms with Gasteiger partial charge in [-0.05, 0) is 31.2 Å². The van der Waals surface area contributed by atoms with Crippen molar-refractivity contribution in [2.75, 3.05) is 13.1 Å². The fourth-order valence-corrected chi connectivity index (χ4v) is 1.88. The first-order valence-corrected chi connectivity index (χ1v) is 7.41. The number of nitrogens with one attached hydrogen (secondary N) is 2. The molecule has 1 rings (SSSR count). The largest absolute Gasteiger partial charge is 0.357 e. The van der Waals surface area contributed by atoms with E-state index in [1.807, 2.05) is 17.8 Å². The lowest BCUT2D eigenvalue weighted by Crippen LogP contribution is -2.38. The van der Waals surface area contributed by atoms with Crippen LogP contribution in [0.15, 0.2) is 17.3 Å². The van der Waals surface area contributed by atoms with Crippen molar-refractivity contribution in [1.29, 1.82) is 0 Å². The molecule has 0 aliphatic carbocycles. The van der Waals surface area contributed by atoms with E-state index < -0.39 is 0 Å². The molecule has 0 amide bonds. The van der Waals surface area contributed by atoms with Crippen LogP contribution in [0, 0.1) is 5.41 Å². The van der Waals surface area contributed by atoms with Gasteiger partial charge in [0, 0.05) is 26.3 Å². The van der Waals surface area contributed by atoms with Crippen LogP contribution >= 0.6 is 0 Å². The third-order valence-corrected chi connectivity index (χ3v) is 3.06. The van der Waals surface area contributed by atoms with Gasteiger partial charge in [0.2, 0.25) is 0 Å². The molecule has 0 atom stereocenters. The average Bonchev–Trinajstić information content (AvgIpc) is 2.76. The number of aromatic nitrogens is 2. The summed E-state index contributed by atoms with van der Waals surface area (Å²) in [6, 6.07) is 1.99. The van der Waals surface area contributed by atoms with Gasteiger partial charge in [-0.25, -0.2) is 4.99 Å². The lowest BCUT2D eigenvalue weighted by Gasteiger charge is -2.18. The Morgan fingerprint density at radius 1 is 1.35 bits per heavy atom. The number of guanidine groups is 1. The Morgan fingerprint density at radius 3 is 2.65 bits per heavy atom. The van der Waals surface area contributed by atoms with Gasteiger partial charge in [-0.15, -0.1) is 0 Å². The van der Waals surface area contributed by atoms with Gasteiger partial charge in [-0.2, -0.15) is 5.10 Å². The van der Waals surface area contributed by atoms with Crippen LogP contribution in [0.5, 0.6) is 0 Å². The molecular formula is C15H29N5. The number of nitrogens with zero attached hydrogens (tertiary/aromatic N) is 3. The van der Waals surface area contributed by atoms with E-state index in [0.29, 0.717) is 12.0 Å². The molecule has 0 saturated heterocycles. The molecule has 0 fully saturated rings. The summed E-state index contributed by atoms with van der Waals surface area (Å²) in [6.45, 7) is 11.4. The van der Waals surface area contributed by atoms with E-state index in [2.05, 4.69) is 48.4 Å². The van der Waals surface area contributed by atoms with Crippen LogP contribution in [-0.4, -0.2) is 28.8 Å². The summed E-state index contributed by atoms with van der Waals surface area (Å²) in [5.41, 5.74) is 1.50. The summed E-state index contributed by atoms with van der Waals surface area (Å²) in [5, 5.41) is 10.8. The van der Waals surface area contributed by atoms with Gasteiger partial charge in [-0.1, -0.05) is 20.8 Å². The van der Waals surface area contributed by atoms with E-state index in [1.165, 1.54) is 6.42 Å². The lowest BCUT2D eigenvalue weighted by atomic mass is 9.91. The van der Waals surface area contributed by atoms with Gasteiger partial charge in [-0.3, -0.25) is 4.68 Å². The normalized spacial score (nSPS) is 12.6. The van der Waals surface area contributed by atoms with Crippen molar-refractivity contribution >= 4 is 5.96 Å². The quantitative estimate of drug-likeness (QED) is 0.477. The Labute approximate surface area is 122 Å². The smallest absolute Gasteiger partial charge is 0.191 e. The number of hydrogen-bond acceptors (Lipinski definition) is 2. The predicted octanol–water partition coefficient (Wildman–Crippen LogP) is 2.30. The summed E-state index contributed by atoms with van der Waals surface area (Å²) < 4.78 is 1.85. The van der Waals surface area contributed by atoms with E-state index in [-0.39, 0.29) is 0 Å². The van der Waals surface area contributed by atoms with E-state index in [4.69, 9.17) is 0 Å². The van der Waals surface area contributed by atoms with Crippen molar-refractivity contribution in [2.24, 2.45) is 17.5 Å². The second kappa shape index (κ2) is 7.92. The number of hydrogen-bond donors (Lipinski definition) is 2. The Hall–Kier alpha value is -1.52. The van der Waals surface area contributed by atoms with E-state index >= 15 is 0 Å². The topological polar surface area (TPSA) is 54.2 Å². The fourth-order valence-electron chi connectivity index (χ4n) is 1.88. The van der Waals surface area contributed by atoms with E-state index in [1.54, 1.807) is 6.20 Å². The van der Waals surface area contributed by atoms with Crippen LogP contribution < -0.4 is 10.6 Å². The van der Waals surface area contributed by atoms with Gasteiger partial charge < -0.3 is 10.6 Å². The Morgan fingerprint density at radius 2 is 2.10 bits per heavy atom. The highest BCUT2D eigenvalue weighted by atomic mass is 15.3. The zero-order valence-electron chi connectivity index (χ0n) is 13.5. The average molecular weight is 279 g/mol. The third kappa shape index (κ3) is 6.59. The maximum absolute atomic E-state index is 4.58. The Bertz CT molecular complexity index is 414. The number of aliphatic imine (C=N–C) groups is 1. The fraction of sp³-hybridized carbons (Fsp3) is 0.733. The van der Waals surface area contributed by atoms with Crippen molar-refractivity contribution in [1.82, 2.24) is 20.4 Å². The third-order valence-electron chi connectivity index (χ3n) is 3.06. The van der Waals surface area contributed by atoms with Crippen LogP contribution in [0.4, 0.5) is 0 Å². The van der Waals surface area contributed by atoms with Crippen molar-refractivity contribution in [2.45, 2.75) is 47.1 Å². The highest BCUT2D eigenvalue weighted by molar-refractivity contribution is 5.79. The molecule has 0 spiro atoms. The Balaban J connectivity index is 2.41. The van der Waals surface area contributed by atoms with Crippen molar-refractivity contribution in [3.05, 3.63) is 18.0 Å². The van der Waals surface area contributed by atoms with Crippen molar-refractivity contribution < 1.29 is 0 Å². The lowest BCUT2D eigenvalue weighted by molar-refractivity contribution is 0.365. The minimum absolute atomic E-state index is 0.395. The number of rotatable bonds is 6. The molecule has 20 heavy (non-hydrogen) atoms. The molecule has 0 aromatic carbocycles. The zero-order chi connectivity index (χ0) is 15.0. The first kappa shape index (κ1) is 16.5. The molecule has 2 N–H and O–H groups in total. The molecule has 0 aliphatic heterocycles. The minimum atomic E-state index is 0.395. The first-order chi connectivity index (χ1) is 9.42. The molecule has 0 saturated carbocycles. The van der Waals surface area contributed by atoms with Crippen LogP contribution in [0.3, 0.4) is 0 Å². The second-order valence-corrected chi connectivity index (χ2v) is 6.23. The van der Waals surface area contributed by atoms with Crippen molar-refractivity contribution in [3.8, 4) is 0 Å². The molecule has 1 heterocycles. The van der Waals surface area contributed by atoms with Crippen LogP contribution in [0.2, 0.25) is 0 Å². The molecule has 1 aromatic rings. The first-order valence-electron chi connectivity index (χ1n) is 7.41.